The van der Waals surface area contributed by atoms with Gasteiger partial charge in [-0.25, -0.2) is 4.79 Å². The first-order valence-corrected chi connectivity index (χ1v) is 17.8. The van der Waals surface area contributed by atoms with E-state index in [0.29, 0.717) is 50.8 Å². The van der Waals surface area contributed by atoms with E-state index in [9.17, 15) is 19.5 Å². The summed E-state index contributed by atoms with van der Waals surface area (Å²) in [6.07, 6.45) is 0.398. The summed E-state index contributed by atoms with van der Waals surface area (Å²) in [7, 11) is 3.25. The van der Waals surface area contributed by atoms with Crippen molar-refractivity contribution in [2.24, 2.45) is 29.6 Å². The Labute approximate surface area is 293 Å². The highest BCUT2D eigenvalue weighted by Crippen LogP contribution is 2.32. The Morgan fingerprint density at radius 3 is 2.20 bits per heavy atom. The zero-order valence-electron chi connectivity index (χ0n) is 31.1. The van der Waals surface area contributed by atoms with Gasteiger partial charge in [0.05, 0.1) is 31.8 Å². The van der Waals surface area contributed by atoms with Crippen LogP contribution in [0.2, 0.25) is 0 Å². The van der Waals surface area contributed by atoms with Gasteiger partial charge in [-0.2, -0.15) is 0 Å². The first-order chi connectivity index (χ1) is 23.2. The number of carbonyl (C=O) groups is 3. The second-order valence-electron chi connectivity index (χ2n) is 14.0. The molecule has 0 radical (unpaired) electrons. The van der Waals surface area contributed by atoms with Crippen molar-refractivity contribution in [3.8, 4) is 11.5 Å². The van der Waals surface area contributed by atoms with Gasteiger partial charge in [-0.3, -0.25) is 9.59 Å². The van der Waals surface area contributed by atoms with E-state index >= 15 is 0 Å². The number of esters is 1. The molecule has 1 aromatic carbocycles. The maximum absolute atomic E-state index is 13.5. The van der Waals surface area contributed by atoms with Crippen molar-refractivity contribution in [1.29, 1.82) is 0 Å². The number of methoxy groups -OCH3 is 2. The molecule has 5 atom stereocenters. The third kappa shape index (κ3) is 15.1. The first-order valence-electron chi connectivity index (χ1n) is 17.8. The fourth-order valence-electron chi connectivity index (χ4n) is 5.79. The third-order valence-corrected chi connectivity index (χ3v) is 8.97. The van der Waals surface area contributed by atoms with Crippen molar-refractivity contribution in [3.05, 3.63) is 23.8 Å². The van der Waals surface area contributed by atoms with Crippen LogP contribution < -0.4 is 20.1 Å². The van der Waals surface area contributed by atoms with Gasteiger partial charge in [0, 0.05) is 52.2 Å². The number of amides is 2. The van der Waals surface area contributed by atoms with E-state index in [0.717, 1.165) is 24.8 Å². The van der Waals surface area contributed by atoms with Crippen molar-refractivity contribution >= 4 is 18.0 Å². The van der Waals surface area contributed by atoms with Gasteiger partial charge in [0.15, 0.2) is 11.5 Å². The monoisotopic (exact) mass is 694 g/mol. The van der Waals surface area contributed by atoms with Gasteiger partial charge in [0.2, 0.25) is 12.2 Å². The van der Waals surface area contributed by atoms with Gasteiger partial charge in [-0.1, -0.05) is 47.6 Å². The maximum Gasteiger partial charge on any atom is 0.410 e. The molecule has 49 heavy (non-hydrogen) atoms. The number of carbonyl (C=O) groups excluding carboxylic acids is 3. The lowest BCUT2D eigenvalue weighted by Crippen LogP contribution is -2.49. The van der Waals surface area contributed by atoms with Crippen LogP contribution in [0.25, 0.3) is 0 Å². The number of hydrogen-bond acceptors (Lipinski definition) is 10. The lowest BCUT2D eigenvalue weighted by atomic mass is 9.80. The Bertz CT molecular complexity index is 1140. The molecule has 0 saturated carbocycles. The molecular weight excluding hydrogens is 632 g/mol. The van der Waals surface area contributed by atoms with E-state index in [4.69, 9.17) is 28.4 Å². The van der Waals surface area contributed by atoms with Crippen molar-refractivity contribution in [3.63, 3.8) is 0 Å². The van der Waals surface area contributed by atoms with Gasteiger partial charge in [-0.05, 0) is 67.6 Å². The largest absolute Gasteiger partial charge is 0.493 e. The highest BCUT2D eigenvalue weighted by atomic mass is 16.7. The number of aliphatic hydroxyl groups excluding tert-OH is 1. The van der Waals surface area contributed by atoms with Gasteiger partial charge in [0.1, 0.15) is 0 Å². The van der Waals surface area contributed by atoms with Gasteiger partial charge >= 0.3 is 12.1 Å². The molecule has 5 unspecified atom stereocenters. The van der Waals surface area contributed by atoms with Crippen molar-refractivity contribution in [1.82, 2.24) is 10.6 Å². The molecule has 12 heteroatoms. The Morgan fingerprint density at radius 1 is 0.918 bits per heavy atom. The van der Waals surface area contributed by atoms with Crippen LogP contribution in [0, 0.1) is 29.6 Å². The average molecular weight is 695 g/mol. The summed E-state index contributed by atoms with van der Waals surface area (Å²) in [4.78, 5) is 38.7. The molecule has 2 amide bonds. The van der Waals surface area contributed by atoms with Crippen LogP contribution >= 0.6 is 0 Å². The van der Waals surface area contributed by atoms with E-state index < -0.39 is 36.4 Å². The van der Waals surface area contributed by atoms with Crippen LogP contribution in [0.4, 0.5) is 4.79 Å². The summed E-state index contributed by atoms with van der Waals surface area (Å²) >= 11 is 0. The second-order valence-corrected chi connectivity index (χ2v) is 14.0. The average Bonchev–Trinajstić information content (AvgIpc) is 3.04. The number of nitrogens with one attached hydrogen (secondary N) is 2. The number of hydrogen-bond donors (Lipinski definition) is 3. The van der Waals surface area contributed by atoms with Crippen molar-refractivity contribution in [2.75, 3.05) is 40.6 Å². The molecular formula is C37H62N2O10. The van der Waals surface area contributed by atoms with Crippen LogP contribution in [0.3, 0.4) is 0 Å². The van der Waals surface area contributed by atoms with Crippen molar-refractivity contribution in [2.45, 2.75) is 111 Å². The van der Waals surface area contributed by atoms with E-state index in [2.05, 4.69) is 24.5 Å². The predicted molar refractivity (Wildman–Crippen MR) is 186 cm³/mol. The Kier molecular flexibility index (Phi) is 18.8. The van der Waals surface area contributed by atoms with Crippen LogP contribution in [0.5, 0.6) is 11.5 Å². The highest BCUT2D eigenvalue weighted by molar-refractivity contribution is 5.79. The lowest BCUT2D eigenvalue weighted by molar-refractivity contribution is -0.168. The molecule has 0 bridgehead atoms. The van der Waals surface area contributed by atoms with E-state index in [1.54, 1.807) is 28.1 Å². The molecule has 12 nitrogen and oxygen atoms in total. The molecule has 1 saturated heterocycles. The summed E-state index contributed by atoms with van der Waals surface area (Å²) in [5.41, 5.74) is 1.02. The molecule has 0 aliphatic carbocycles. The number of alkyl carbamates (subject to hydrolysis) is 1. The Balaban J connectivity index is 2.28. The Morgan fingerprint density at radius 2 is 1.61 bits per heavy atom. The standard InChI is InChI=1S/C37H62N2O10/c1-23(2)28(19-27-11-12-33(45-9)34(20-27)47-16-10-15-44-8)21-31(39-37(43)49-26(7)48-36(42)25(5)6)32(40)22-30(24(3)4)35(41)38-29-13-17-46-18-14-29/h11-12,20,23-26,28-32,40H,10,13-19,21-22H2,1-9H3,(H,38,41)(H,39,43). The van der Waals surface area contributed by atoms with E-state index in [-0.39, 0.29) is 42.0 Å². The fraction of sp³-hybridized carbons (Fsp3) is 0.757. The summed E-state index contributed by atoms with van der Waals surface area (Å²) in [6, 6.07) is 5.11. The lowest BCUT2D eigenvalue weighted by Gasteiger charge is -2.33. The maximum atomic E-state index is 13.5. The minimum Gasteiger partial charge on any atom is -0.493 e. The normalized spacial score (nSPS) is 16.8. The van der Waals surface area contributed by atoms with Crippen LogP contribution in [-0.2, 0) is 35.0 Å². The minimum absolute atomic E-state index is 0.0134. The molecule has 1 fully saturated rings. The number of ether oxygens (including phenoxy) is 6. The van der Waals surface area contributed by atoms with Crippen molar-refractivity contribution < 1.29 is 47.9 Å². The summed E-state index contributed by atoms with van der Waals surface area (Å²) in [6.45, 7) is 15.2. The zero-order chi connectivity index (χ0) is 36.5. The van der Waals surface area contributed by atoms with Crippen LogP contribution in [0.15, 0.2) is 18.2 Å². The fourth-order valence-corrected chi connectivity index (χ4v) is 5.79. The number of aliphatic hydroxyl groups is 1. The third-order valence-electron chi connectivity index (χ3n) is 8.97. The number of benzene rings is 1. The summed E-state index contributed by atoms with van der Waals surface area (Å²) < 4.78 is 32.7. The molecule has 0 aromatic heterocycles. The van der Waals surface area contributed by atoms with E-state index in [1.165, 1.54) is 6.92 Å². The molecule has 3 N–H and O–H groups in total. The molecule has 1 aromatic rings. The second kappa shape index (κ2) is 21.9. The highest BCUT2D eigenvalue weighted by Gasteiger charge is 2.34. The minimum atomic E-state index is -1.12. The van der Waals surface area contributed by atoms with Gasteiger partial charge in [-0.15, -0.1) is 0 Å². The zero-order valence-corrected chi connectivity index (χ0v) is 31.1. The van der Waals surface area contributed by atoms with Gasteiger partial charge in [0.25, 0.3) is 0 Å². The van der Waals surface area contributed by atoms with Gasteiger partial charge < -0.3 is 44.2 Å². The first kappa shape index (κ1) is 42.1. The Hall–Kier alpha value is -3.09. The molecule has 280 valence electrons. The SMILES string of the molecule is COCCCOc1cc(CC(CC(NC(=O)OC(C)OC(=O)C(C)C)C(O)CC(C(=O)NC2CCOCC2)C(C)C)C(C)C)ccc1OC. The smallest absolute Gasteiger partial charge is 0.410 e. The van der Waals surface area contributed by atoms with Crippen LogP contribution in [-0.4, -0.2) is 88.2 Å². The van der Waals surface area contributed by atoms with Crippen LogP contribution in [0.1, 0.15) is 86.1 Å². The molecule has 1 heterocycles. The summed E-state index contributed by atoms with van der Waals surface area (Å²) in [5, 5.41) is 17.7. The molecule has 2 rings (SSSR count). The molecule has 1 aliphatic rings. The summed E-state index contributed by atoms with van der Waals surface area (Å²) in [5.74, 6) is -0.0836. The number of rotatable bonds is 21. The molecule has 0 spiro atoms. The van der Waals surface area contributed by atoms with E-state index in [1.807, 2.05) is 32.0 Å². The quantitative estimate of drug-likeness (QED) is 0.0882. The predicted octanol–water partition coefficient (Wildman–Crippen LogP) is 5.27. The topological polar surface area (TPSA) is 151 Å². The molecule has 1 aliphatic heterocycles.